The molecule has 0 amide bonds. The summed E-state index contributed by atoms with van der Waals surface area (Å²) in [5, 5.41) is 0. The van der Waals surface area contributed by atoms with Crippen LogP contribution < -0.4 is 17.3 Å². The summed E-state index contributed by atoms with van der Waals surface area (Å²) < 4.78 is 0. The third-order valence-corrected chi connectivity index (χ3v) is 4.87. The summed E-state index contributed by atoms with van der Waals surface area (Å²) in [6, 6.07) is 22.8. The molecule has 2 aromatic carbocycles. The average molecular weight is 317 g/mol. The number of rotatable bonds is 4. The largest absolute Gasteiger partial charge is 1.00 e. The summed E-state index contributed by atoms with van der Waals surface area (Å²) in [6.45, 7) is 8.22. The van der Waals surface area contributed by atoms with Gasteiger partial charge in [0.2, 0.25) is 0 Å². The molecule has 0 bridgehead atoms. The Hall–Kier alpha value is -1.35. The monoisotopic (exact) mass is 316 g/mol. The van der Waals surface area contributed by atoms with Gasteiger partial charge >= 0.3 is 0 Å². The summed E-state index contributed by atoms with van der Waals surface area (Å²) in [6.07, 6.45) is 0. The number of nitrogens with zero attached hydrogens (tertiary/aromatic N) is 1. The van der Waals surface area contributed by atoms with Crippen molar-refractivity contribution < 1.29 is 17.3 Å². The minimum Gasteiger partial charge on any atom is -1.00 e. The molecule has 0 spiro atoms. The fourth-order valence-corrected chi connectivity index (χ4v) is 3.31. The van der Waals surface area contributed by atoms with Crippen LogP contribution in [0.1, 0.15) is 37.1 Å². The molecule has 0 aliphatic carbocycles. The second-order valence-electron chi connectivity index (χ2n) is 6.10. The van der Waals surface area contributed by atoms with Crippen LogP contribution in [0.4, 0.5) is 0 Å². The molecule has 1 heterocycles. The first kappa shape index (κ1) is 17.0. The van der Waals surface area contributed by atoms with Crippen molar-refractivity contribution in [3.8, 4) is 0 Å². The topological polar surface area (TPSA) is 7.68 Å². The highest BCUT2D eigenvalue weighted by Crippen LogP contribution is 2.20. The van der Waals surface area contributed by atoms with E-state index in [0.29, 0.717) is 12.1 Å². The lowest BCUT2D eigenvalue weighted by Crippen LogP contribution is -3.10. The van der Waals surface area contributed by atoms with E-state index in [1.54, 1.807) is 4.90 Å². The van der Waals surface area contributed by atoms with Crippen molar-refractivity contribution in [1.82, 2.24) is 4.90 Å². The van der Waals surface area contributed by atoms with Crippen LogP contribution in [-0.2, 0) is 0 Å². The maximum atomic E-state index is 2.60. The van der Waals surface area contributed by atoms with E-state index in [9.17, 15) is 0 Å². The van der Waals surface area contributed by atoms with Crippen molar-refractivity contribution in [2.24, 2.45) is 0 Å². The molecule has 1 aliphatic heterocycles. The molecule has 1 aliphatic rings. The van der Waals surface area contributed by atoms with Gasteiger partial charge in [-0.25, -0.2) is 4.90 Å². The Labute approximate surface area is 140 Å². The summed E-state index contributed by atoms with van der Waals surface area (Å²) >= 11 is 0. The lowest BCUT2D eigenvalue weighted by Gasteiger charge is -2.25. The molecule has 1 N–H and O–H groups in total. The molecule has 2 aromatic rings. The molecule has 22 heavy (non-hydrogen) atoms. The highest BCUT2D eigenvalue weighted by molar-refractivity contribution is 5.18. The van der Waals surface area contributed by atoms with Crippen LogP contribution in [0.25, 0.3) is 0 Å². The molecule has 2 nitrogen and oxygen atoms in total. The first-order chi connectivity index (χ1) is 10.3. The maximum absolute atomic E-state index is 2.60. The Morgan fingerprint density at radius 2 is 1.41 bits per heavy atom. The SMILES string of the molecule is CC(c1ccccc1)N1CC[NH+](C(C)c2ccccc2)C1.[Cl-]. The van der Waals surface area contributed by atoms with Gasteiger partial charge in [0, 0.05) is 11.6 Å². The van der Waals surface area contributed by atoms with Gasteiger partial charge in [-0.2, -0.15) is 0 Å². The minimum absolute atomic E-state index is 0. The van der Waals surface area contributed by atoms with Crippen molar-refractivity contribution in [1.29, 1.82) is 0 Å². The van der Waals surface area contributed by atoms with Crippen LogP contribution in [0.3, 0.4) is 0 Å². The van der Waals surface area contributed by atoms with Gasteiger partial charge in [0.05, 0.1) is 13.1 Å². The Morgan fingerprint density at radius 1 is 0.864 bits per heavy atom. The molecular formula is C19H25ClN2. The molecule has 3 rings (SSSR count). The number of halogens is 1. The summed E-state index contributed by atoms with van der Waals surface area (Å²) in [5.74, 6) is 0. The zero-order valence-corrected chi connectivity index (χ0v) is 14.1. The van der Waals surface area contributed by atoms with Crippen molar-refractivity contribution in [2.75, 3.05) is 19.8 Å². The molecule has 3 unspecified atom stereocenters. The Bertz CT molecular complexity index is 507. The van der Waals surface area contributed by atoms with E-state index in [-0.39, 0.29) is 12.4 Å². The zero-order valence-electron chi connectivity index (χ0n) is 13.4. The van der Waals surface area contributed by atoms with Crippen LogP contribution >= 0.6 is 0 Å². The zero-order chi connectivity index (χ0) is 14.7. The van der Waals surface area contributed by atoms with E-state index in [1.165, 1.54) is 24.2 Å². The van der Waals surface area contributed by atoms with E-state index >= 15 is 0 Å². The van der Waals surface area contributed by atoms with E-state index in [2.05, 4.69) is 79.4 Å². The highest BCUT2D eigenvalue weighted by atomic mass is 35.5. The van der Waals surface area contributed by atoms with Gasteiger partial charge in [-0.05, 0) is 19.4 Å². The normalized spacial score (nSPS) is 21.1. The van der Waals surface area contributed by atoms with Gasteiger partial charge < -0.3 is 17.3 Å². The first-order valence-electron chi connectivity index (χ1n) is 7.94. The quantitative estimate of drug-likeness (QED) is 0.812. The predicted molar refractivity (Wildman–Crippen MR) is 87.1 cm³/mol. The maximum Gasteiger partial charge on any atom is 0.134 e. The molecule has 0 saturated carbocycles. The minimum atomic E-state index is 0. The molecule has 1 fully saturated rings. The third-order valence-electron chi connectivity index (χ3n) is 4.87. The van der Waals surface area contributed by atoms with Gasteiger partial charge in [-0.15, -0.1) is 0 Å². The van der Waals surface area contributed by atoms with Crippen LogP contribution in [0.5, 0.6) is 0 Å². The second-order valence-corrected chi connectivity index (χ2v) is 6.10. The number of nitrogens with one attached hydrogen (secondary N) is 1. The van der Waals surface area contributed by atoms with Crippen molar-refractivity contribution in [3.05, 3.63) is 71.8 Å². The van der Waals surface area contributed by atoms with Gasteiger partial charge in [0.25, 0.3) is 0 Å². The van der Waals surface area contributed by atoms with E-state index in [0.717, 1.165) is 6.67 Å². The lowest BCUT2D eigenvalue weighted by molar-refractivity contribution is -0.922. The Balaban J connectivity index is 0.00000176. The molecule has 1 saturated heterocycles. The van der Waals surface area contributed by atoms with E-state index in [1.807, 2.05) is 0 Å². The predicted octanol–water partition coefficient (Wildman–Crippen LogP) is -0.329. The number of hydrogen-bond acceptors (Lipinski definition) is 1. The van der Waals surface area contributed by atoms with Gasteiger partial charge in [0.1, 0.15) is 12.7 Å². The van der Waals surface area contributed by atoms with Gasteiger partial charge in [-0.3, -0.25) is 0 Å². The molecule has 0 radical (unpaired) electrons. The summed E-state index contributed by atoms with van der Waals surface area (Å²) in [5.41, 5.74) is 2.87. The molecule has 3 atom stereocenters. The first-order valence-corrected chi connectivity index (χ1v) is 7.94. The van der Waals surface area contributed by atoms with Crippen molar-refractivity contribution >= 4 is 0 Å². The Morgan fingerprint density at radius 3 is 2.00 bits per heavy atom. The number of hydrogen-bond donors (Lipinski definition) is 1. The number of benzene rings is 2. The Kier molecular flexibility index (Phi) is 6.01. The van der Waals surface area contributed by atoms with Crippen LogP contribution in [0.15, 0.2) is 60.7 Å². The summed E-state index contributed by atoms with van der Waals surface area (Å²) in [7, 11) is 0. The fraction of sp³-hybridized carbons (Fsp3) is 0.368. The van der Waals surface area contributed by atoms with Crippen LogP contribution in [0.2, 0.25) is 0 Å². The molecule has 3 heteroatoms. The highest BCUT2D eigenvalue weighted by Gasteiger charge is 2.31. The van der Waals surface area contributed by atoms with Gasteiger partial charge in [-0.1, -0.05) is 60.7 Å². The standard InChI is InChI=1S/C19H24N2.ClH/c1-16(18-9-5-3-6-10-18)20-13-14-21(15-20)17(2)19-11-7-4-8-12-19;/h3-12,16-17H,13-15H2,1-2H3;1H. The average Bonchev–Trinajstić information content (AvgIpc) is 3.05. The second kappa shape index (κ2) is 7.77. The van der Waals surface area contributed by atoms with Crippen LogP contribution in [-0.4, -0.2) is 24.7 Å². The number of quaternary nitrogens is 1. The smallest absolute Gasteiger partial charge is 0.134 e. The van der Waals surface area contributed by atoms with Crippen molar-refractivity contribution in [3.63, 3.8) is 0 Å². The molecular weight excluding hydrogens is 292 g/mol. The molecule has 0 aromatic heterocycles. The molecule has 118 valence electrons. The lowest BCUT2D eigenvalue weighted by atomic mass is 10.1. The third kappa shape index (κ3) is 3.70. The van der Waals surface area contributed by atoms with Gasteiger partial charge in [0.15, 0.2) is 0 Å². The fourth-order valence-electron chi connectivity index (χ4n) is 3.31. The summed E-state index contributed by atoms with van der Waals surface area (Å²) in [4.78, 5) is 4.27. The van der Waals surface area contributed by atoms with Crippen molar-refractivity contribution in [2.45, 2.75) is 25.9 Å². The van der Waals surface area contributed by atoms with Crippen LogP contribution in [0, 0.1) is 0 Å². The van der Waals surface area contributed by atoms with E-state index < -0.39 is 0 Å². The van der Waals surface area contributed by atoms with E-state index in [4.69, 9.17) is 0 Å².